The molecule has 1 unspecified atom stereocenters. The van der Waals surface area contributed by atoms with E-state index < -0.39 is 5.54 Å². The number of rotatable bonds is 12. The van der Waals surface area contributed by atoms with Crippen LogP contribution in [0.1, 0.15) is 37.8 Å². The van der Waals surface area contributed by atoms with E-state index in [2.05, 4.69) is 41.8 Å². The Hall–Kier alpha value is -3.79. The summed E-state index contributed by atoms with van der Waals surface area (Å²) in [5, 5.41) is 0. The number of hydrogen-bond acceptors (Lipinski definition) is 4. The van der Waals surface area contributed by atoms with E-state index in [1.54, 1.807) is 7.11 Å². The lowest BCUT2D eigenvalue weighted by atomic mass is 9.85. The molecule has 182 valence electrons. The minimum absolute atomic E-state index is 0.272. The second-order valence-corrected chi connectivity index (χ2v) is 8.22. The summed E-state index contributed by atoms with van der Waals surface area (Å²) >= 11 is 0. The average molecular weight is 470 g/mol. The average Bonchev–Trinajstić information content (AvgIpc) is 2.92. The number of benzene rings is 3. The Kier molecular flexibility index (Phi) is 9.31. The molecule has 4 nitrogen and oxygen atoms in total. The van der Waals surface area contributed by atoms with Crippen molar-refractivity contribution in [3.63, 3.8) is 0 Å². The molecule has 0 bridgehead atoms. The van der Waals surface area contributed by atoms with Gasteiger partial charge in [0.25, 0.3) is 0 Å². The zero-order valence-electron chi connectivity index (χ0n) is 20.9. The van der Waals surface area contributed by atoms with Crippen molar-refractivity contribution < 1.29 is 14.3 Å². The Bertz CT molecular complexity index is 1070. The van der Waals surface area contributed by atoms with Crippen LogP contribution in [-0.2, 0) is 9.53 Å². The summed E-state index contributed by atoms with van der Waals surface area (Å²) in [6.45, 7) is 8.71. The van der Waals surface area contributed by atoms with Gasteiger partial charge in [0, 0.05) is 12.2 Å². The van der Waals surface area contributed by atoms with Gasteiger partial charge in [0.05, 0.1) is 13.7 Å². The van der Waals surface area contributed by atoms with Crippen LogP contribution in [0.15, 0.2) is 104 Å². The first-order chi connectivity index (χ1) is 17.1. The van der Waals surface area contributed by atoms with Crippen LogP contribution in [0.3, 0.4) is 0 Å². The number of ether oxygens (including phenoxy) is 2. The molecule has 0 spiro atoms. The van der Waals surface area contributed by atoms with E-state index in [0.717, 1.165) is 28.1 Å². The van der Waals surface area contributed by atoms with Gasteiger partial charge in [0.1, 0.15) is 5.75 Å². The van der Waals surface area contributed by atoms with Crippen LogP contribution in [0, 0.1) is 0 Å². The van der Waals surface area contributed by atoms with E-state index >= 15 is 0 Å². The Balaban J connectivity index is 2.29. The summed E-state index contributed by atoms with van der Waals surface area (Å²) in [5.41, 5.74) is 2.95. The maximum absolute atomic E-state index is 13.8. The van der Waals surface area contributed by atoms with Crippen LogP contribution < -0.4 is 9.64 Å². The predicted molar refractivity (Wildman–Crippen MR) is 145 cm³/mol. The van der Waals surface area contributed by atoms with Gasteiger partial charge < -0.3 is 14.4 Å². The lowest BCUT2D eigenvalue weighted by molar-refractivity contribution is -0.148. The second kappa shape index (κ2) is 12.6. The van der Waals surface area contributed by atoms with Gasteiger partial charge in [-0.15, -0.1) is 6.58 Å². The van der Waals surface area contributed by atoms with Crippen LogP contribution in [0.2, 0.25) is 0 Å². The standard InChI is InChI=1S/C31H35NO3/c1-5-8-23-32(27-19-21-28(34-4)22-20-27)31(6-2,30(33)35-7-3)24-29(25-15-11-9-12-16-25)26-17-13-10-14-18-26/h5,9-22,24H,1,6-8,23H2,2-4H3. The van der Waals surface area contributed by atoms with E-state index in [9.17, 15) is 4.79 Å². The largest absolute Gasteiger partial charge is 0.497 e. The first-order valence-electron chi connectivity index (χ1n) is 12.1. The highest BCUT2D eigenvalue weighted by Gasteiger charge is 2.43. The fourth-order valence-electron chi connectivity index (χ4n) is 4.29. The second-order valence-electron chi connectivity index (χ2n) is 8.22. The molecule has 0 N–H and O–H groups in total. The molecule has 0 saturated heterocycles. The van der Waals surface area contributed by atoms with Crippen molar-refractivity contribution >= 4 is 17.2 Å². The van der Waals surface area contributed by atoms with Gasteiger partial charge in [-0.2, -0.15) is 0 Å². The number of methoxy groups -OCH3 is 1. The lowest BCUT2D eigenvalue weighted by Crippen LogP contribution is -2.55. The Labute approximate surface area is 209 Å². The molecule has 0 fully saturated rings. The van der Waals surface area contributed by atoms with Crippen LogP contribution in [-0.4, -0.2) is 31.8 Å². The van der Waals surface area contributed by atoms with Crippen LogP contribution in [0.5, 0.6) is 5.75 Å². The van der Waals surface area contributed by atoms with Crippen molar-refractivity contribution in [2.24, 2.45) is 0 Å². The normalized spacial score (nSPS) is 12.2. The molecule has 1 atom stereocenters. The summed E-state index contributed by atoms with van der Waals surface area (Å²) in [6, 6.07) is 28.2. The number of carbonyl (C=O) groups is 1. The summed E-state index contributed by atoms with van der Waals surface area (Å²) in [7, 11) is 1.65. The molecular formula is C31H35NO3. The Morgan fingerprint density at radius 3 is 1.94 bits per heavy atom. The summed E-state index contributed by atoms with van der Waals surface area (Å²) < 4.78 is 11.1. The van der Waals surface area contributed by atoms with Crippen molar-refractivity contribution in [1.29, 1.82) is 0 Å². The van der Waals surface area contributed by atoms with Crippen LogP contribution >= 0.6 is 0 Å². The van der Waals surface area contributed by atoms with E-state index in [4.69, 9.17) is 9.47 Å². The first kappa shape index (κ1) is 25.8. The van der Waals surface area contributed by atoms with Crippen molar-refractivity contribution in [2.75, 3.05) is 25.2 Å². The minimum atomic E-state index is -1.03. The quantitative estimate of drug-likeness (QED) is 0.213. The van der Waals surface area contributed by atoms with E-state index in [-0.39, 0.29) is 5.97 Å². The molecule has 0 aliphatic heterocycles. The summed E-state index contributed by atoms with van der Waals surface area (Å²) in [6.07, 6.45) is 5.20. The maximum atomic E-state index is 13.8. The fraction of sp³-hybridized carbons (Fsp3) is 0.258. The van der Waals surface area contributed by atoms with Crippen LogP contribution in [0.4, 0.5) is 5.69 Å². The topological polar surface area (TPSA) is 38.8 Å². The molecule has 0 aliphatic rings. The first-order valence-corrected chi connectivity index (χ1v) is 12.1. The fourth-order valence-corrected chi connectivity index (χ4v) is 4.29. The molecule has 0 aromatic heterocycles. The highest BCUT2D eigenvalue weighted by molar-refractivity contribution is 5.93. The third-order valence-corrected chi connectivity index (χ3v) is 6.14. The third-order valence-electron chi connectivity index (χ3n) is 6.14. The lowest BCUT2D eigenvalue weighted by Gasteiger charge is -2.41. The molecular weight excluding hydrogens is 434 g/mol. The predicted octanol–water partition coefficient (Wildman–Crippen LogP) is 6.92. The third kappa shape index (κ3) is 6.02. The number of nitrogens with zero attached hydrogens (tertiary/aromatic N) is 1. The maximum Gasteiger partial charge on any atom is 0.336 e. The van der Waals surface area contributed by atoms with Gasteiger partial charge in [-0.1, -0.05) is 73.7 Å². The summed E-state index contributed by atoms with van der Waals surface area (Å²) in [5.74, 6) is 0.493. The molecule has 4 heteroatoms. The zero-order chi connectivity index (χ0) is 25.1. The number of esters is 1. The van der Waals surface area contributed by atoms with Crippen molar-refractivity contribution in [3.05, 3.63) is 115 Å². The monoisotopic (exact) mass is 469 g/mol. The number of carbonyl (C=O) groups excluding carboxylic acids is 1. The molecule has 0 heterocycles. The van der Waals surface area contributed by atoms with E-state index in [0.29, 0.717) is 26.0 Å². The molecule has 3 aromatic rings. The Morgan fingerprint density at radius 1 is 0.914 bits per heavy atom. The molecule has 0 radical (unpaired) electrons. The van der Waals surface area contributed by atoms with Crippen molar-refractivity contribution in [2.45, 2.75) is 32.2 Å². The summed E-state index contributed by atoms with van der Waals surface area (Å²) in [4.78, 5) is 16.0. The highest BCUT2D eigenvalue weighted by Crippen LogP contribution is 2.36. The SMILES string of the molecule is C=CCCN(c1ccc(OC)cc1)C(C=C(c1ccccc1)c1ccccc1)(CC)C(=O)OCC. The smallest absolute Gasteiger partial charge is 0.336 e. The molecule has 0 aliphatic carbocycles. The van der Waals surface area contributed by atoms with Crippen molar-refractivity contribution in [1.82, 2.24) is 0 Å². The Morgan fingerprint density at radius 2 is 1.49 bits per heavy atom. The molecule has 3 aromatic carbocycles. The molecule has 35 heavy (non-hydrogen) atoms. The van der Waals surface area contributed by atoms with Gasteiger partial charge in [-0.3, -0.25) is 0 Å². The number of anilines is 1. The van der Waals surface area contributed by atoms with Gasteiger partial charge >= 0.3 is 5.97 Å². The van der Waals surface area contributed by atoms with Gasteiger partial charge in [-0.05, 0) is 66.8 Å². The molecule has 3 rings (SSSR count). The highest BCUT2D eigenvalue weighted by atomic mass is 16.5. The van der Waals surface area contributed by atoms with Crippen LogP contribution in [0.25, 0.3) is 5.57 Å². The van der Waals surface area contributed by atoms with Crippen molar-refractivity contribution in [3.8, 4) is 5.75 Å². The number of hydrogen-bond donors (Lipinski definition) is 0. The minimum Gasteiger partial charge on any atom is -0.497 e. The molecule has 0 saturated carbocycles. The zero-order valence-corrected chi connectivity index (χ0v) is 20.9. The van der Waals surface area contributed by atoms with E-state index in [1.165, 1.54) is 0 Å². The van der Waals surface area contributed by atoms with Gasteiger partial charge in [-0.25, -0.2) is 4.79 Å². The molecule has 0 amide bonds. The van der Waals surface area contributed by atoms with Gasteiger partial charge in [0.2, 0.25) is 0 Å². The van der Waals surface area contributed by atoms with E-state index in [1.807, 2.05) is 80.6 Å². The van der Waals surface area contributed by atoms with Gasteiger partial charge in [0.15, 0.2) is 5.54 Å².